The van der Waals surface area contributed by atoms with Crippen LogP contribution in [0.2, 0.25) is 0 Å². The maximum absolute atomic E-state index is 12.9. The number of carbonyl (C=O) groups is 1. The Hall–Kier alpha value is -2.86. The molecule has 0 saturated carbocycles. The van der Waals surface area contributed by atoms with Crippen LogP contribution in [0.3, 0.4) is 0 Å². The summed E-state index contributed by atoms with van der Waals surface area (Å²) in [6.45, 7) is 0.688. The third-order valence-corrected chi connectivity index (χ3v) is 5.36. The number of ether oxygens (including phenoxy) is 2. The first kappa shape index (κ1) is 16.6. The monoisotopic (exact) mass is 366 g/mol. The molecular formula is C20H18N2O3S. The van der Waals surface area contributed by atoms with Crippen molar-refractivity contribution in [3.8, 4) is 22.1 Å². The van der Waals surface area contributed by atoms with Crippen molar-refractivity contribution in [1.82, 2.24) is 4.98 Å². The van der Waals surface area contributed by atoms with E-state index >= 15 is 0 Å². The van der Waals surface area contributed by atoms with E-state index in [0.717, 1.165) is 22.7 Å². The summed E-state index contributed by atoms with van der Waals surface area (Å²) >= 11 is 1.43. The van der Waals surface area contributed by atoms with Gasteiger partial charge in [0, 0.05) is 17.6 Å². The Labute approximate surface area is 155 Å². The van der Waals surface area contributed by atoms with Crippen molar-refractivity contribution in [2.75, 3.05) is 25.7 Å². The molecule has 2 aromatic carbocycles. The average molecular weight is 366 g/mol. The lowest BCUT2D eigenvalue weighted by atomic mass is 10.2. The summed E-state index contributed by atoms with van der Waals surface area (Å²) in [6, 6.07) is 13.6. The number of anilines is 1. The van der Waals surface area contributed by atoms with Crippen LogP contribution in [-0.4, -0.2) is 31.7 Å². The summed E-state index contributed by atoms with van der Waals surface area (Å²) in [5.41, 5.74) is 3.45. The molecule has 132 valence electrons. The van der Waals surface area contributed by atoms with Gasteiger partial charge < -0.3 is 14.4 Å². The Morgan fingerprint density at radius 1 is 1.12 bits per heavy atom. The molecule has 0 spiro atoms. The van der Waals surface area contributed by atoms with Gasteiger partial charge in [0.15, 0.2) is 11.5 Å². The van der Waals surface area contributed by atoms with Gasteiger partial charge in [0.2, 0.25) is 0 Å². The molecule has 1 aliphatic rings. The Morgan fingerprint density at radius 2 is 1.96 bits per heavy atom. The molecule has 0 atom stereocenters. The van der Waals surface area contributed by atoms with Crippen molar-refractivity contribution in [1.29, 1.82) is 0 Å². The van der Waals surface area contributed by atoms with Gasteiger partial charge in [-0.25, -0.2) is 4.98 Å². The van der Waals surface area contributed by atoms with Crippen molar-refractivity contribution in [3.63, 3.8) is 0 Å². The number of aromatic nitrogens is 1. The number of carbonyl (C=O) groups excluding carboxylic acids is 1. The third-order valence-electron chi connectivity index (χ3n) is 4.49. The standard InChI is InChI=1S/C20H18N2O3S/c1-24-17-9-5-7-14(18(17)25-2)19-21-15(12-26-19)20(23)22-11-10-13-6-3-4-8-16(13)22/h3-9,12H,10-11H2,1-2H3. The van der Waals surface area contributed by atoms with E-state index in [4.69, 9.17) is 9.47 Å². The number of methoxy groups -OCH3 is 2. The SMILES string of the molecule is COc1cccc(-c2nc(C(=O)N3CCc4ccccc43)cs2)c1OC. The van der Waals surface area contributed by atoms with E-state index in [9.17, 15) is 4.79 Å². The van der Waals surface area contributed by atoms with E-state index in [1.165, 1.54) is 16.9 Å². The number of hydrogen-bond acceptors (Lipinski definition) is 5. The van der Waals surface area contributed by atoms with Crippen LogP contribution in [0, 0.1) is 0 Å². The molecule has 0 bridgehead atoms. The van der Waals surface area contributed by atoms with Crippen molar-refractivity contribution in [2.24, 2.45) is 0 Å². The van der Waals surface area contributed by atoms with Crippen LogP contribution in [0.4, 0.5) is 5.69 Å². The number of hydrogen-bond donors (Lipinski definition) is 0. The normalized spacial score (nSPS) is 12.8. The number of para-hydroxylation sites is 2. The van der Waals surface area contributed by atoms with E-state index in [-0.39, 0.29) is 5.91 Å². The van der Waals surface area contributed by atoms with E-state index < -0.39 is 0 Å². The molecule has 26 heavy (non-hydrogen) atoms. The highest BCUT2D eigenvalue weighted by Crippen LogP contribution is 2.39. The fourth-order valence-electron chi connectivity index (χ4n) is 3.24. The zero-order chi connectivity index (χ0) is 18.1. The number of rotatable bonds is 4. The van der Waals surface area contributed by atoms with Crippen molar-refractivity contribution in [2.45, 2.75) is 6.42 Å². The third kappa shape index (κ3) is 2.72. The van der Waals surface area contributed by atoms with E-state index in [2.05, 4.69) is 11.1 Å². The summed E-state index contributed by atoms with van der Waals surface area (Å²) < 4.78 is 10.8. The van der Waals surface area contributed by atoms with Gasteiger partial charge in [0.25, 0.3) is 5.91 Å². The van der Waals surface area contributed by atoms with Crippen molar-refractivity contribution < 1.29 is 14.3 Å². The lowest BCUT2D eigenvalue weighted by molar-refractivity contribution is 0.0985. The maximum Gasteiger partial charge on any atom is 0.277 e. The zero-order valence-corrected chi connectivity index (χ0v) is 15.4. The topological polar surface area (TPSA) is 51.7 Å². The molecule has 3 aromatic rings. The van der Waals surface area contributed by atoms with Crippen LogP contribution in [0.15, 0.2) is 47.8 Å². The first-order valence-corrected chi connectivity index (χ1v) is 9.17. The van der Waals surface area contributed by atoms with E-state index in [1.807, 2.05) is 36.4 Å². The maximum atomic E-state index is 12.9. The zero-order valence-electron chi connectivity index (χ0n) is 14.6. The summed E-state index contributed by atoms with van der Waals surface area (Å²) in [6.07, 6.45) is 0.878. The van der Waals surface area contributed by atoms with Gasteiger partial charge in [0.05, 0.1) is 19.8 Å². The van der Waals surface area contributed by atoms with Gasteiger partial charge in [-0.3, -0.25) is 4.79 Å². The van der Waals surface area contributed by atoms with Crippen LogP contribution in [0.5, 0.6) is 11.5 Å². The molecule has 1 aromatic heterocycles. The molecule has 0 N–H and O–H groups in total. The molecule has 2 heterocycles. The quantitative estimate of drug-likeness (QED) is 0.700. The van der Waals surface area contributed by atoms with Gasteiger partial charge in [0.1, 0.15) is 10.7 Å². The minimum Gasteiger partial charge on any atom is -0.493 e. The van der Waals surface area contributed by atoms with Gasteiger partial charge >= 0.3 is 0 Å². The number of fused-ring (bicyclic) bond motifs is 1. The smallest absolute Gasteiger partial charge is 0.277 e. The Bertz CT molecular complexity index is 967. The average Bonchev–Trinajstić information content (AvgIpc) is 3.34. The number of amides is 1. The minimum absolute atomic E-state index is 0.0701. The molecule has 6 heteroatoms. The van der Waals surface area contributed by atoms with Crippen LogP contribution in [-0.2, 0) is 6.42 Å². The molecule has 1 aliphatic heterocycles. The highest BCUT2D eigenvalue weighted by molar-refractivity contribution is 7.13. The molecular weight excluding hydrogens is 348 g/mol. The summed E-state index contributed by atoms with van der Waals surface area (Å²) in [7, 11) is 3.20. The summed E-state index contributed by atoms with van der Waals surface area (Å²) in [5.74, 6) is 1.19. The predicted octanol–water partition coefficient (Wildman–Crippen LogP) is 4.03. The van der Waals surface area contributed by atoms with E-state index in [0.29, 0.717) is 23.7 Å². The first-order chi connectivity index (χ1) is 12.7. The van der Waals surface area contributed by atoms with Crippen LogP contribution in [0.1, 0.15) is 16.1 Å². The minimum atomic E-state index is -0.0701. The largest absolute Gasteiger partial charge is 0.493 e. The fourth-order valence-corrected chi connectivity index (χ4v) is 4.05. The molecule has 4 rings (SSSR count). The molecule has 1 amide bonds. The number of benzene rings is 2. The van der Waals surface area contributed by atoms with Crippen molar-refractivity contribution in [3.05, 3.63) is 59.1 Å². The molecule has 0 radical (unpaired) electrons. The summed E-state index contributed by atoms with van der Waals surface area (Å²) in [4.78, 5) is 19.3. The van der Waals surface area contributed by atoms with Crippen LogP contribution in [0.25, 0.3) is 10.6 Å². The Balaban J connectivity index is 1.67. The second-order valence-electron chi connectivity index (χ2n) is 5.91. The van der Waals surface area contributed by atoms with E-state index in [1.54, 1.807) is 24.5 Å². The molecule has 5 nitrogen and oxygen atoms in total. The molecule has 0 saturated heterocycles. The van der Waals surface area contributed by atoms with Crippen LogP contribution >= 0.6 is 11.3 Å². The fraction of sp³-hybridized carbons (Fsp3) is 0.200. The second kappa shape index (κ2) is 6.80. The highest BCUT2D eigenvalue weighted by atomic mass is 32.1. The molecule has 0 unspecified atom stereocenters. The second-order valence-corrected chi connectivity index (χ2v) is 6.77. The van der Waals surface area contributed by atoms with Crippen LogP contribution < -0.4 is 14.4 Å². The number of nitrogens with zero attached hydrogens (tertiary/aromatic N) is 2. The molecule has 0 aliphatic carbocycles. The summed E-state index contributed by atoms with van der Waals surface area (Å²) in [5, 5.41) is 2.54. The van der Waals surface area contributed by atoms with Crippen molar-refractivity contribution >= 4 is 22.9 Å². The molecule has 0 fully saturated rings. The Morgan fingerprint density at radius 3 is 2.77 bits per heavy atom. The number of thiazole rings is 1. The Kier molecular flexibility index (Phi) is 4.34. The van der Waals surface area contributed by atoms with Gasteiger partial charge in [-0.15, -0.1) is 11.3 Å². The highest BCUT2D eigenvalue weighted by Gasteiger charge is 2.27. The van der Waals surface area contributed by atoms with Gasteiger partial charge in [-0.2, -0.15) is 0 Å². The lowest BCUT2D eigenvalue weighted by Gasteiger charge is -2.15. The predicted molar refractivity (Wildman–Crippen MR) is 102 cm³/mol. The van der Waals surface area contributed by atoms with Gasteiger partial charge in [-0.05, 0) is 30.2 Å². The lowest BCUT2D eigenvalue weighted by Crippen LogP contribution is -2.29. The van der Waals surface area contributed by atoms with Gasteiger partial charge in [-0.1, -0.05) is 24.3 Å². The first-order valence-electron chi connectivity index (χ1n) is 8.29.